The molecule has 0 atom stereocenters. The molecule has 1 heterocycles. The van der Waals surface area contributed by atoms with Gasteiger partial charge in [-0.25, -0.2) is 9.97 Å². The molecule has 0 bridgehead atoms. The molecule has 3 nitrogen and oxygen atoms in total. The maximum Gasteiger partial charge on any atom is 0.163 e. The average Bonchev–Trinajstić information content (AvgIpc) is 3.36. The van der Waals surface area contributed by atoms with Gasteiger partial charge in [0.15, 0.2) is 5.82 Å². The van der Waals surface area contributed by atoms with Crippen LogP contribution in [0.4, 0.5) is 5.82 Å². The Morgan fingerprint density at radius 2 is 1.87 bits per heavy atom. The van der Waals surface area contributed by atoms with Gasteiger partial charge in [0, 0.05) is 22.5 Å². The van der Waals surface area contributed by atoms with Gasteiger partial charge < -0.3 is 5.32 Å². The number of aromatic nitrogens is 2. The van der Waals surface area contributed by atoms with E-state index in [1.165, 1.54) is 12.8 Å². The van der Waals surface area contributed by atoms with Crippen molar-refractivity contribution in [2.45, 2.75) is 12.8 Å². The summed E-state index contributed by atoms with van der Waals surface area (Å²) < 4.78 is 0. The predicted molar refractivity (Wildman–Crippen MR) is 96.2 cm³/mol. The van der Waals surface area contributed by atoms with Crippen molar-refractivity contribution in [1.29, 1.82) is 0 Å². The van der Waals surface area contributed by atoms with Gasteiger partial charge in [-0.2, -0.15) is 0 Å². The van der Waals surface area contributed by atoms with Crippen LogP contribution < -0.4 is 5.32 Å². The molecule has 5 heteroatoms. The molecular weight excluding hydrogens is 329 g/mol. The van der Waals surface area contributed by atoms with Crippen LogP contribution in [0.1, 0.15) is 12.8 Å². The SMILES string of the molecule is Clc1ccc(-c2nc(NCC3CC3)c3ccccc3n2)c(Cl)c1. The zero-order chi connectivity index (χ0) is 15.8. The van der Waals surface area contributed by atoms with Gasteiger partial charge in [0.2, 0.25) is 0 Å². The van der Waals surface area contributed by atoms with E-state index in [1.807, 2.05) is 30.3 Å². The van der Waals surface area contributed by atoms with E-state index in [-0.39, 0.29) is 0 Å². The Hall–Kier alpha value is -1.84. The zero-order valence-electron chi connectivity index (χ0n) is 12.4. The van der Waals surface area contributed by atoms with Crippen molar-refractivity contribution in [2.75, 3.05) is 11.9 Å². The smallest absolute Gasteiger partial charge is 0.163 e. The van der Waals surface area contributed by atoms with Gasteiger partial charge in [0.25, 0.3) is 0 Å². The topological polar surface area (TPSA) is 37.8 Å². The monoisotopic (exact) mass is 343 g/mol. The van der Waals surface area contributed by atoms with Crippen LogP contribution in [0.3, 0.4) is 0 Å². The Morgan fingerprint density at radius 1 is 1.04 bits per heavy atom. The van der Waals surface area contributed by atoms with E-state index in [1.54, 1.807) is 12.1 Å². The molecule has 1 aliphatic carbocycles. The summed E-state index contributed by atoms with van der Waals surface area (Å²) in [5, 5.41) is 5.66. The minimum atomic E-state index is 0.556. The minimum Gasteiger partial charge on any atom is -0.369 e. The summed E-state index contributed by atoms with van der Waals surface area (Å²) in [5.41, 5.74) is 1.69. The van der Waals surface area contributed by atoms with Crippen LogP contribution in [0, 0.1) is 5.92 Å². The number of para-hydroxylation sites is 1. The maximum atomic E-state index is 6.32. The normalized spacial score (nSPS) is 14.2. The average molecular weight is 344 g/mol. The van der Waals surface area contributed by atoms with Crippen molar-refractivity contribution in [3.63, 3.8) is 0 Å². The van der Waals surface area contributed by atoms with E-state index in [0.717, 1.165) is 34.7 Å². The molecule has 0 amide bonds. The lowest BCUT2D eigenvalue weighted by Crippen LogP contribution is -2.07. The van der Waals surface area contributed by atoms with E-state index in [4.69, 9.17) is 28.2 Å². The van der Waals surface area contributed by atoms with Crippen LogP contribution in [0.15, 0.2) is 42.5 Å². The van der Waals surface area contributed by atoms with E-state index < -0.39 is 0 Å². The number of nitrogens with zero attached hydrogens (tertiary/aromatic N) is 2. The Balaban J connectivity index is 1.82. The second-order valence-corrected chi connectivity index (χ2v) is 6.71. The van der Waals surface area contributed by atoms with Crippen LogP contribution in [-0.2, 0) is 0 Å². The molecule has 0 unspecified atom stereocenters. The molecule has 1 fully saturated rings. The van der Waals surface area contributed by atoms with Crippen molar-refractivity contribution in [2.24, 2.45) is 5.92 Å². The summed E-state index contributed by atoms with van der Waals surface area (Å²) in [4.78, 5) is 9.37. The standard InChI is InChI=1S/C18H15Cl2N3/c19-12-7-8-13(15(20)9-12)18-22-16-4-2-1-3-14(16)17(23-18)21-10-11-5-6-11/h1-4,7-9,11H,5-6,10H2,(H,21,22,23). The van der Waals surface area contributed by atoms with Gasteiger partial charge in [0.05, 0.1) is 10.5 Å². The third kappa shape index (κ3) is 3.12. The highest BCUT2D eigenvalue weighted by molar-refractivity contribution is 6.36. The quantitative estimate of drug-likeness (QED) is 0.686. The first-order valence-corrected chi connectivity index (χ1v) is 8.42. The lowest BCUT2D eigenvalue weighted by Gasteiger charge is -2.11. The van der Waals surface area contributed by atoms with Crippen LogP contribution >= 0.6 is 23.2 Å². The molecule has 1 saturated carbocycles. The zero-order valence-corrected chi connectivity index (χ0v) is 13.9. The number of benzene rings is 2. The number of halogens is 2. The van der Waals surface area contributed by atoms with E-state index >= 15 is 0 Å². The van der Waals surface area contributed by atoms with Crippen molar-refractivity contribution in [1.82, 2.24) is 9.97 Å². The third-order valence-corrected chi connectivity index (χ3v) is 4.58. The van der Waals surface area contributed by atoms with Gasteiger partial charge in [-0.15, -0.1) is 0 Å². The van der Waals surface area contributed by atoms with Gasteiger partial charge in [0.1, 0.15) is 5.82 Å². The minimum absolute atomic E-state index is 0.556. The second-order valence-electron chi connectivity index (χ2n) is 5.86. The molecule has 116 valence electrons. The van der Waals surface area contributed by atoms with Crippen LogP contribution in [0.2, 0.25) is 10.0 Å². The van der Waals surface area contributed by atoms with Gasteiger partial charge >= 0.3 is 0 Å². The molecule has 0 aliphatic heterocycles. The van der Waals surface area contributed by atoms with Crippen LogP contribution in [0.25, 0.3) is 22.3 Å². The number of nitrogens with one attached hydrogen (secondary N) is 1. The summed E-state index contributed by atoms with van der Waals surface area (Å²) in [7, 11) is 0. The fourth-order valence-electron chi connectivity index (χ4n) is 2.57. The first-order chi connectivity index (χ1) is 11.2. The number of hydrogen-bond donors (Lipinski definition) is 1. The fraction of sp³-hybridized carbons (Fsp3) is 0.222. The molecule has 4 rings (SSSR count). The van der Waals surface area contributed by atoms with Crippen molar-refractivity contribution >= 4 is 39.9 Å². The maximum absolute atomic E-state index is 6.32. The molecule has 0 saturated heterocycles. The number of anilines is 1. The molecule has 0 radical (unpaired) electrons. The number of hydrogen-bond acceptors (Lipinski definition) is 3. The van der Waals surface area contributed by atoms with Gasteiger partial charge in [-0.1, -0.05) is 35.3 Å². The molecule has 1 aromatic heterocycles. The Labute approximate surface area is 144 Å². The van der Waals surface area contributed by atoms with E-state index in [0.29, 0.717) is 15.9 Å². The molecule has 1 N–H and O–H groups in total. The van der Waals surface area contributed by atoms with E-state index in [9.17, 15) is 0 Å². The molecular formula is C18H15Cl2N3. The van der Waals surface area contributed by atoms with Gasteiger partial charge in [-0.05, 0) is 49.1 Å². The first-order valence-electron chi connectivity index (χ1n) is 7.67. The summed E-state index contributed by atoms with van der Waals surface area (Å²) in [6.45, 7) is 0.953. The second kappa shape index (κ2) is 5.99. The predicted octanol–water partition coefficient (Wildman–Crippen LogP) is 5.43. The van der Waals surface area contributed by atoms with Gasteiger partial charge in [-0.3, -0.25) is 0 Å². The third-order valence-electron chi connectivity index (χ3n) is 4.03. The fourth-order valence-corrected chi connectivity index (χ4v) is 3.06. The lowest BCUT2D eigenvalue weighted by molar-refractivity contribution is 0.884. The summed E-state index contributed by atoms with van der Waals surface area (Å²) in [6, 6.07) is 13.4. The largest absolute Gasteiger partial charge is 0.369 e. The van der Waals surface area contributed by atoms with Crippen LogP contribution in [0.5, 0.6) is 0 Å². The molecule has 2 aromatic carbocycles. The summed E-state index contributed by atoms with van der Waals surface area (Å²) >= 11 is 12.3. The highest BCUT2D eigenvalue weighted by atomic mass is 35.5. The Kier molecular flexibility index (Phi) is 3.83. The molecule has 0 spiro atoms. The first kappa shape index (κ1) is 14.7. The van der Waals surface area contributed by atoms with E-state index in [2.05, 4.69) is 10.3 Å². The molecule has 23 heavy (non-hydrogen) atoms. The van der Waals surface area contributed by atoms with Crippen molar-refractivity contribution in [3.05, 3.63) is 52.5 Å². The lowest BCUT2D eigenvalue weighted by atomic mass is 10.1. The van der Waals surface area contributed by atoms with Crippen LogP contribution in [-0.4, -0.2) is 16.5 Å². The number of rotatable bonds is 4. The molecule has 3 aromatic rings. The summed E-state index contributed by atoms with van der Waals surface area (Å²) in [5.74, 6) is 2.25. The Bertz CT molecular complexity index is 875. The highest BCUT2D eigenvalue weighted by Gasteiger charge is 2.21. The van der Waals surface area contributed by atoms with Crippen molar-refractivity contribution < 1.29 is 0 Å². The number of fused-ring (bicyclic) bond motifs is 1. The van der Waals surface area contributed by atoms with Crippen molar-refractivity contribution in [3.8, 4) is 11.4 Å². The Morgan fingerprint density at radius 3 is 2.65 bits per heavy atom. The highest BCUT2D eigenvalue weighted by Crippen LogP contribution is 2.33. The molecule has 1 aliphatic rings. The summed E-state index contributed by atoms with van der Waals surface area (Å²) in [6.07, 6.45) is 2.60.